The van der Waals surface area contributed by atoms with Gasteiger partial charge in [-0.05, 0) is 77.1 Å². The lowest BCUT2D eigenvalue weighted by molar-refractivity contribution is -0.183. The van der Waals surface area contributed by atoms with Crippen LogP contribution in [-0.2, 0) is 29.9 Å². The van der Waals surface area contributed by atoms with Gasteiger partial charge in [-0.3, -0.25) is 9.80 Å². The summed E-state index contributed by atoms with van der Waals surface area (Å²) in [4.78, 5) is 30.2. The van der Waals surface area contributed by atoms with Gasteiger partial charge in [0.1, 0.15) is 24.7 Å². The Balaban J connectivity index is 1.14. The summed E-state index contributed by atoms with van der Waals surface area (Å²) in [6.07, 6.45) is 0.952. The predicted molar refractivity (Wildman–Crippen MR) is 184 cm³/mol. The van der Waals surface area contributed by atoms with Crippen LogP contribution >= 0.6 is 0 Å². The summed E-state index contributed by atoms with van der Waals surface area (Å²) in [5.74, 6) is -0.297. The molecule has 0 N–H and O–H groups in total. The summed E-state index contributed by atoms with van der Waals surface area (Å²) < 4.78 is 24.0. The van der Waals surface area contributed by atoms with Crippen molar-refractivity contribution in [1.29, 1.82) is 0 Å². The van der Waals surface area contributed by atoms with Crippen LogP contribution in [0.1, 0.15) is 47.9 Å². The molecule has 8 heteroatoms. The molecule has 0 spiro atoms. The van der Waals surface area contributed by atoms with Crippen LogP contribution in [0.5, 0.6) is 11.5 Å². The Morgan fingerprint density at radius 2 is 0.938 bits per heavy atom. The first-order valence-corrected chi connectivity index (χ1v) is 16.5. The van der Waals surface area contributed by atoms with Gasteiger partial charge in [0.15, 0.2) is 12.5 Å². The molecule has 0 saturated carbocycles. The third kappa shape index (κ3) is 6.55. The second kappa shape index (κ2) is 14.2. The summed E-state index contributed by atoms with van der Waals surface area (Å²) in [5.41, 5.74) is 3.67. The molecule has 0 saturated heterocycles. The molecule has 4 aromatic rings. The zero-order valence-corrected chi connectivity index (χ0v) is 28.1. The van der Waals surface area contributed by atoms with Crippen LogP contribution in [-0.4, -0.2) is 75.6 Å². The van der Waals surface area contributed by atoms with E-state index >= 15 is 0 Å². The Hall–Kier alpha value is -4.66. The van der Waals surface area contributed by atoms with E-state index in [9.17, 15) is 9.59 Å². The van der Waals surface area contributed by atoms with Crippen molar-refractivity contribution in [2.45, 2.75) is 49.0 Å². The van der Waals surface area contributed by atoms with Gasteiger partial charge in [0.05, 0.1) is 10.8 Å². The molecule has 6 rings (SSSR count). The molecule has 2 heterocycles. The number of nitrogens with zero attached hydrogens (tertiary/aromatic N) is 2. The molecule has 2 aliphatic rings. The van der Waals surface area contributed by atoms with Gasteiger partial charge in [-0.2, -0.15) is 0 Å². The quantitative estimate of drug-likeness (QED) is 0.103. The SMILES string of the molecule is CN(C)C(CCC1(c2ccccc2)COc2ccccc21)OC(=O)C(=O)OC(CCC1(c2ccccc2)COc2ccccc21)N(C)C. The van der Waals surface area contributed by atoms with Crippen LogP contribution in [0.15, 0.2) is 109 Å². The molecule has 0 aromatic heterocycles. The Labute approximate surface area is 283 Å². The van der Waals surface area contributed by atoms with Crippen molar-refractivity contribution >= 4 is 11.9 Å². The average molecular weight is 649 g/mol. The largest absolute Gasteiger partial charge is 0.492 e. The maximum atomic E-state index is 13.3. The zero-order valence-electron chi connectivity index (χ0n) is 28.1. The fourth-order valence-electron chi connectivity index (χ4n) is 7.16. The van der Waals surface area contributed by atoms with Gasteiger partial charge >= 0.3 is 11.9 Å². The van der Waals surface area contributed by atoms with Crippen LogP contribution in [0.25, 0.3) is 0 Å². The molecule has 2 aliphatic heterocycles. The fraction of sp³-hybridized carbons (Fsp3) is 0.350. The topological polar surface area (TPSA) is 77.5 Å². The van der Waals surface area contributed by atoms with Crippen LogP contribution in [0.3, 0.4) is 0 Å². The van der Waals surface area contributed by atoms with Crippen molar-refractivity contribution in [1.82, 2.24) is 9.80 Å². The molecule has 0 fully saturated rings. The number of carbonyl (C=O) groups excluding carboxylic acids is 2. The number of fused-ring (bicyclic) bond motifs is 2. The predicted octanol–water partition coefficient (Wildman–Crippen LogP) is 6.17. The summed E-state index contributed by atoms with van der Waals surface area (Å²) in [6, 6.07) is 36.7. The summed E-state index contributed by atoms with van der Waals surface area (Å²) in [5, 5.41) is 0. The molecule has 250 valence electrons. The molecule has 0 bridgehead atoms. The van der Waals surface area contributed by atoms with Crippen LogP contribution < -0.4 is 9.47 Å². The highest BCUT2D eigenvalue weighted by Gasteiger charge is 2.44. The summed E-state index contributed by atoms with van der Waals surface area (Å²) in [7, 11) is 7.35. The second-order valence-electron chi connectivity index (χ2n) is 13.2. The highest BCUT2D eigenvalue weighted by molar-refractivity contribution is 6.29. The maximum absolute atomic E-state index is 13.3. The number of esters is 2. The van der Waals surface area contributed by atoms with E-state index in [0.29, 0.717) is 38.9 Å². The van der Waals surface area contributed by atoms with E-state index in [4.69, 9.17) is 18.9 Å². The van der Waals surface area contributed by atoms with Gasteiger partial charge in [0.25, 0.3) is 0 Å². The Morgan fingerprint density at radius 3 is 1.31 bits per heavy atom. The fourth-order valence-corrected chi connectivity index (χ4v) is 7.16. The lowest BCUT2D eigenvalue weighted by atomic mass is 9.72. The number of carbonyl (C=O) groups is 2. The minimum Gasteiger partial charge on any atom is -0.492 e. The lowest BCUT2D eigenvalue weighted by Crippen LogP contribution is -2.41. The van der Waals surface area contributed by atoms with E-state index < -0.39 is 35.2 Å². The highest BCUT2D eigenvalue weighted by Crippen LogP contribution is 2.48. The van der Waals surface area contributed by atoms with Gasteiger partial charge in [-0.25, -0.2) is 9.59 Å². The third-order valence-electron chi connectivity index (χ3n) is 9.85. The Bertz CT molecular complexity index is 1580. The molecule has 0 aliphatic carbocycles. The number of benzene rings is 4. The van der Waals surface area contributed by atoms with Gasteiger partial charge in [0.2, 0.25) is 0 Å². The first-order valence-electron chi connectivity index (χ1n) is 16.5. The minimum atomic E-state index is -1.01. The van der Waals surface area contributed by atoms with E-state index in [-0.39, 0.29) is 0 Å². The van der Waals surface area contributed by atoms with Crippen LogP contribution in [0.4, 0.5) is 0 Å². The standard InChI is InChI=1S/C40H44N2O6/c1-41(2)35(23-25-39(29-15-7-5-8-16-29)27-45-33-21-13-11-19-31(33)39)47-37(43)38(44)48-36(42(3)4)24-26-40(30-17-9-6-10-18-30)28-46-34-22-14-12-20-32(34)40/h5-22,35-36H,23-28H2,1-4H3. The van der Waals surface area contributed by atoms with E-state index in [0.717, 1.165) is 33.8 Å². The minimum absolute atomic E-state index is 0.410. The molecule has 4 aromatic carbocycles. The first-order chi connectivity index (χ1) is 23.2. The first kappa shape index (κ1) is 33.2. The number of para-hydroxylation sites is 2. The van der Waals surface area contributed by atoms with E-state index in [1.54, 1.807) is 0 Å². The van der Waals surface area contributed by atoms with E-state index in [2.05, 4.69) is 36.4 Å². The van der Waals surface area contributed by atoms with Crippen molar-refractivity contribution in [3.63, 3.8) is 0 Å². The number of ether oxygens (including phenoxy) is 4. The van der Waals surface area contributed by atoms with Gasteiger partial charge < -0.3 is 18.9 Å². The third-order valence-corrected chi connectivity index (χ3v) is 9.85. The average Bonchev–Trinajstić information content (AvgIpc) is 3.69. The van der Waals surface area contributed by atoms with E-state index in [1.165, 1.54) is 0 Å². The zero-order chi connectivity index (χ0) is 33.7. The Kier molecular flexibility index (Phi) is 9.85. The molecular weight excluding hydrogens is 604 g/mol. The normalized spacial score (nSPS) is 20.7. The maximum Gasteiger partial charge on any atom is 0.419 e. The molecule has 0 radical (unpaired) electrons. The van der Waals surface area contributed by atoms with E-state index in [1.807, 2.05) is 111 Å². The van der Waals surface area contributed by atoms with Crippen LogP contribution in [0.2, 0.25) is 0 Å². The highest BCUT2D eigenvalue weighted by atomic mass is 16.6. The molecule has 8 nitrogen and oxygen atoms in total. The molecule has 0 amide bonds. The molecule has 4 atom stereocenters. The summed E-state index contributed by atoms with van der Waals surface area (Å²) >= 11 is 0. The van der Waals surface area contributed by atoms with Gasteiger partial charge in [-0.1, -0.05) is 97.1 Å². The van der Waals surface area contributed by atoms with Gasteiger partial charge in [-0.15, -0.1) is 0 Å². The van der Waals surface area contributed by atoms with Gasteiger partial charge in [0, 0.05) is 11.1 Å². The monoisotopic (exact) mass is 648 g/mol. The van der Waals surface area contributed by atoms with Crippen molar-refractivity contribution in [2.24, 2.45) is 0 Å². The van der Waals surface area contributed by atoms with Crippen molar-refractivity contribution in [3.8, 4) is 11.5 Å². The van der Waals surface area contributed by atoms with Crippen LogP contribution in [0, 0.1) is 0 Å². The smallest absolute Gasteiger partial charge is 0.419 e. The lowest BCUT2D eigenvalue weighted by Gasteiger charge is -2.33. The van der Waals surface area contributed by atoms with Crippen molar-refractivity contribution in [3.05, 3.63) is 131 Å². The second-order valence-corrected chi connectivity index (χ2v) is 13.2. The molecular formula is C40H44N2O6. The number of rotatable bonds is 12. The summed E-state index contributed by atoms with van der Waals surface area (Å²) in [6.45, 7) is 0.966. The Morgan fingerprint density at radius 1 is 0.583 bits per heavy atom. The van der Waals surface area contributed by atoms with Crippen molar-refractivity contribution in [2.75, 3.05) is 41.4 Å². The number of hydrogen-bond donors (Lipinski definition) is 0. The molecule has 4 unspecified atom stereocenters. The van der Waals surface area contributed by atoms with Crippen molar-refractivity contribution < 1.29 is 28.5 Å². The molecule has 48 heavy (non-hydrogen) atoms. The number of hydrogen-bond acceptors (Lipinski definition) is 8.